The maximum atomic E-state index is 12.9. The van der Waals surface area contributed by atoms with Crippen LogP contribution < -0.4 is 14.9 Å². The summed E-state index contributed by atoms with van der Waals surface area (Å²) < 4.78 is 22.7. The van der Waals surface area contributed by atoms with Gasteiger partial charge < -0.3 is 0 Å². The summed E-state index contributed by atoms with van der Waals surface area (Å²) in [5.74, 6) is 0.312. The number of para-hydroxylation sites is 1. The number of amides is 2. The zero-order valence-corrected chi connectivity index (χ0v) is 15.0. The third-order valence-electron chi connectivity index (χ3n) is 4.34. The van der Waals surface area contributed by atoms with E-state index in [-0.39, 0.29) is 10.9 Å². The van der Waals surface area contributed by atoms with Crippen LogP contribution in [0.3, 0.4) is 0 Å². The second-order valence-electron chi connectivity index (χ2n) is 6.34. The third kappa shape index (κ3) is 3.38. The van der Waals surface area contributed by atoms with Crippen LogP contribution in [0.1, 0.15) is 25.3 Å². The van der Waals surface area contributed by atoms with Crippen LogP contribution in [0.25, 0.3) is 0 Å². The van der Waals surface area contributed by atoms with Crippen molar-refractivity contribution in [3.63, 3.8) is 0 Å². The number of nitrogens with zero attached hydrogens (tertiary/aromatic N) is 2. The van der Waals surface area contributed by atoms with Crippen LogP contribution in [0.15, 0.2) is 53.4 Å². The molecule has 1 saturated heterocycles. The molecule has 3 rings (SSSR count). The Kier molecular flexibility index (Phi) is 4.53. The molecule has 0 bridgehead atoms. The van der Waals surface area contributed by atoms with E-state index in [1.165, 1.54) is 12.1 Å². The van der Waals surface area contributed by atoms with Gasteiger partial charge in [-0.15, -0.1) is 0 Å². The number of urea groups is 1. The monoisotopic (exact) mass is 359 g/mol. The van der Waals surface area contributed by atoms with Crippen LogP contribution >= 0.6 is 0 Å². The second kappa shape index (κ2) is 6.50. The fourth-order valence-corrected chi connectivity index (χ4v) is 3.55. The molecule has 1 heterocycles. The van der Waals surface area contributed by atoms with Crippen LogP contribution in [0, 0.1) is 0 Å². The molecule has 0 aliphatic carbocycles. The Morgan fingerprint density at radius 3 is 2.16 bits per heavy atom. The Balaban J connectivity index is 1.88. The molecule has 2 amide bonds. The number of primary sulfonamides is 1. The lowest BCUT2D eigenvalue weighted by molar-refractivity contribution is 0.256. The topological polar surface area (TPSA) is 83.7 Å². The lowest BCUT2D eigenvalue weighted by Crippen LogP contribution is -2.32. The highest BCUT2D eigenvalue weighted by Gasteiger charge is 2.32. The smallest absolute Gasteiger partial charge is 0.292 e. The van der Waals surface area contributed by atoms with Crippen molar-refractivity contribution in [2.24, 2.45) is 5.14 Å². The van der Waals surface area contributed by atoms with E-state index >= 15 is 0 Å². The number of nitrogens with two attached hydrogens (primary N) is 1. The van der Waals surface area contributed by atoms with Gasteiger partial charge >= 0.3 is 6.03 Å². The number of benzene rings is 2. The van der Waals surface area contributed by atoms with Crippen LogP contribution in [0.4, 0.5) is 16.2 Å². The van der Waals surface area contributed by atoms with Crippen LogP contribution in [-0.4, -0.2) is 27.5 Å². The minimum atomic E-state index is -3.74. The highest BCUT2D eigenvalue weighted by Crippen LogP contribution is 2.31. The Morgan fingerprint density at radius 1 is 0.960 bits per heavy atom. The average molecular weight is 359 g/mol. The van der Waals surface area contributed by atoms with Crippen molar-refractivity contribution in [1.82, 2.24) is 0 Å². The van der Waals surface area contributed by atoms with E-state index in [0.717, 1.165) is 11.3 Å². The first-order valence-corrected chi connectivity index (χ1v) is 9.64. The number of sulfonamides is 1. The largest absolute Gasteiger partial charge is 0.329 e. The number of carbonyl (C=O) groups excluding carboxylic acids is 1. The maximum Gasteiger partial charge on any atom is 0.329 e. The van der Waals surface area contributed by atoms with E-state index < -0.39 is 10.0 Å². The summed E-state index contributed by atoms with van der Waals surface area (Å²) in [4.78, 5) is 16.3. The number of carbonyl (C=O) groups is 1. The zero-order chi connectivity index (χ0) is 18.2. The molecule has 0 saturated carbocycles. The number of rotatable bonds is 4. The van der Waals surface area contributed by atoms with Gasteiger partial charge in [-0.3, -0.25) is 9.80 Å². The summed E-state index contributed by atoms with van der Waals surface area (Å²) >= 11 is 0. The molecule has 1 aliphatic heterocycles. The van der Waals surface area contributed by atoms with Gasteiger partial charge in [0.05, 0.1) is 4.90 Å². The first kappa shape index (κ1) is 17.4. The third-order valence-corrected chi connectivity index (χ3v) is 5.26. The lowest BCUT2D eigenvalue weighted by Gasteiger charge is -2.22. The summed E-state index contributed by atoms with van der Waals surface area (Å²) in [6.45, 7) is 5.33. The number of anilines is 2. The minimum absolute atomic E-state index is 0.0323. The second-order valence-corrected chi connectivity index (χ2v) is 7.90. The molecule has 7 heteroatoms. The first-order valence-electron chi connectivity index (χ1n) is 8.10. The summed E-state index contributed by atoms with van der Waals surface area (Å²) in [6, 6.07) is 13.8. The van der Waals surface area contributed by atoms with Crippen molar-refractivity contribution in [1.29, 1.82) is 0 Å². The number of hydrogen-bond donors (Lipinski definition) is 1. The lowest BCUT2D eigenvalue weighted by atomic mass is 10.0. The normalized spacial score (nSPS) is 15.3. The molecule has 6 nitrogen and oxygen atoms in total. The molecule has 0 radical (unpaired) electrons. The zero-order valence-electron chi connectivity index (χ0n) is 14.2. The SMILES string of the molecule is CC(C)c1ccccc1N1CCN(c2ccc(S(N)(=O)=O)cc2)C1=O. The van der Waals surface area contributed by atoms with Crippen molar-refractivity contribution in [2.45, 2.75) is 24.7 Å². The van der Waals surface area contributed by atoms with Crippen molar-refractivity contribution in [3.05, 3.63) is 54.1 Å². The Morgan fingerprint density at radius 2 is 1.56 bits per heavy atom. The fourth-order valence-electron chi connectivity index (χ4n) is 3.04. The van der Waals surface area contributed by atoms with Gasteiger partial charge in [-0.05, 0) is 41.8 Å². The Bertz CT molecular complexity index is 892. The maximum absolute atomic E-state index is 12.9. The van der Waals surface area contributed by atoms with Gasteiger partial charge in [0, 0.05) is 24.5 Å². The van der Waals surface area contributed by atoms with E-state index in [9.17, 15) is 13.2 Å². The predicted molar refractivity (Wildman–Crippen MR) is 98.4 cm³/mol. The quantitative estimate of drug-likeness (QED) is 0.911. The summed E-state index contributed by atoms with van der Waals surface area (Å²) in [6.07, 6.45) is 0. The summed E-state index contributed by atoms with van der Waals surface area (Å²) in [7, 11) is -3.74. The molecule has 0 atom stereocenters. The molecule has 1 aliphatic rings. The van der Waals surface area contributed by atoms with Crippen molar-refractivity contribution >= 4 is 27.4 Å². The van der Waals surface area contributed by atoms with Crippen LogP contribution in [-0.2, 0) is 10.0 Å². The molecule has 132 valence electrons. The molecule has 0 unspecified atom stereocenters. The van der Waals surface area contributed by atoms with E-state index in [1.807, 2.05) is 24.3 Å². The van der Waals surface area contributed by atoms with Gasteiger partial charge in [-0.2, -0.15) is 0 Å². The first-order chi connectivity index (χ1) is 11.8. The van der Waals surface area contributed by atoms with Crippen molar-refractivity contribution in [3.8, 4) is 0 Å². The molecule has 2 N–H and O–H groups in total. The average Bonchev–Trinajstić information content (AvgIpc) is 2.95. The minimum Gasteiger partial charge on any atom is -0.292 e. The van der Waals surface area contributed by atoms with Crippen molar-refractivity contribution < 1.29 is 13.2 Å². The molecular weight excluding hydrogens is 338 g/mol. The van der Waals surface area contributed by atoms with E-state index in [1.54, 1.807) is 21.9 Å². The molecule has 0 spiro atoms. The molecular formula is C18H21N3O3S. The summed E-state index contributed by atoms with van der Waals surface area (Å²) in [5.41, 5.74) is 2.70. The molecule has 2 aromatic carbocycles. The predicted octanol–water partition coefficient (Wildman–Crippen LogP) is 2.90. The van der Waals surface area contributed by atoms with Gasteiger partial charge in [0.25, 0.3) is 0 Å². The molecule has 25 heavy (non-hydrogen) atoms. The van der Waals surface area contributed by atoms with Crippen LogP contribution in [0.2, 0.25) is 0 Å². The van der Waals surface area contributed by atoms with Gasteiger partial charge in [0.1, 0.15) is 0 Å². The Labute approximate surface area is 147 Å². The van der Waals surface area contributed by atoms with Gasteiger partial charge in [0.15, 0.2) is 0 Å². The number of hydrogen-bond acceptors (Lipinski definition) is 3. The van der Waals surface area contributed by atoms with E-state index in [4.69, 9.17) is 5.14 Å². The highest BCUT2D eigenvalue weighted by atomic mass is 32.2. The molecule has 2 aromatic rings. The van der Waals surface area contributed by atoms with E-state index in [2.05, 4.69) is 13.8 Å². The fraction of sp³-hybridized carbons (Fsp3) is 0.278. The van der Waals surface area contributed by atoms with Gasteiger partial charge in [-0.25, -0.2) is 18.4 Å². The molecule has 1 fully saturated rings. The van der Waals surface area contributed by atoms with Gasteiger partial charge in [0.2, 0.25) is 10.0 Å². The Hall–Kier alpha value is -2.38. The highest BCUT2D eigenvalue weighted by molar-refractivity contribution is 7.89. The summed E-state index contributed by atoms with van der Waals surface area (Å²) in [5, 5.41) is 5.11. The molecule has 0 aromatic heterocycles. The van der Waals surface area contributed by atoms with Gasteiger partial charge in [-0.1, -0.05) is 32.0 Å². The van der Waals surface area contributed by atoms with Crippen LogP contribution in [0.5, 0.6) is 0 Å². The standard InChI is InChI=1S/C18H21N3O3S/c1-13(2)16-5-3-4-6-17(16)21-12-11-20(18(21)22)14-7-9-15(10-8-14)25(19,23)24/h3-10,13H,11-12H2,1-2H3,(H2,19,23,24). The van der Waals surface area contributed by atoms with E-state index in [0.29, 0.717) is 24.7 Å². The van der Waals surface area contributed by atoms with Crippen molar-refractivity contribution in [2.75, 3.05) is 22.9 Å².